The van der Waals surface area contributed by atoms with Crippen LogP contribution in [0.1, 0.15) is 19.4 Å². The lowest BCUT2D eigenvalue weighted by molar-refractivity contribution is -0.132. The van der Waals surface area contributed by atoms with Crippen molar-refractivity contribution in [3.8, 4) is 11.5 Å². The second kappa shape index (κ2) is 8.04. The van der Waals surface area contributed by atoms with Crippen LogP contribution in [-0.2, 0) is 9.59 Å². The van der Waals surface area contributed by atoms with Gasteiger partial charge in [-0.1, -0.05) is 29.3 Å². The van der Waals surface area contributed by atoms with Gasteiger partial charge in [0, 0.05) is 6.92 Å². The predicted molar refractivity (Wildman–Crippen MR) is 109 cm³/mol. The molecule has 1 aliphatic rings. The summed E-state index contributed by atoms with van der Waals surface area (Å²) in [6.07, 6.45) is 1.69. The fraction of sp³-hybridized carbons (Fsp3) is 0.150. The Labute approximate surface area is 171 Å². The summed E-state index contributed by atoms with van der Waals surface area (Å²) < 4.78 is 10.4. The number of hydrogen-bond donors (Lipinski definition) is 0. The molecule has 0 aliphatic carbocycles. The van der Waals surface area contributed by atoms with Crippen LogP contribution in [0.4, 0.5) is 5.69 Å². The molecule has 0 bridgehead atoms. The van der Waals surface area contributed by atoms with E-state index < -0.39 is 5.97 Å². The molecular weight excluding hydrogens is 403 g/mol. The molecule has 1 heterocycles. The Bertz CT molecular complexity index is 1030. The molecule has 1 amide bonds. The number of benzene rings is 2. The van der Waals surface area contributed by atoms with Gasteiger partial charge in [0.25, 0.3) is 5.91 Å². The van der Waals surface area contributed by atoms with E-state index in [0.717, 1.165) is 0 Å². The maximum Gasteiger partial charge on any atom is 0.308 e. The molecule has 0 saturated heterocycles. The van der Waals surface area contributed by atoms with Gasteiger partial charge in [-0.3, -0.25) is 9.59 Å². The van der Waals surface area contributed by atoms with Crippen LogP contribution in [0.3, 0.4) is 0 Å². The van der Waals surface area contributed by atoms with E-state index in [2.05, 4.69) is 5.10 Å². The molecule has 2 aromatic carbocycles. The monoisotopic (exact) mass is 418 g/mol. The zero-order valence-electron chi connectivity index (χ0n) is 15.3. The normalized spacial score (nSPS) is 15.0. The van der Waals surface area contributed by atoms with Gasteiger partial charge < -0.3 is 9.47 Å². The first-order chi connectivity index (χ1) is 13.3. The van der Waals surface area contributed by atoms with Crippen LogP contribution >= 0.6 is 23.2 Å². The first kappa shape index (κ1) is 19.9. The van der Waals surface area contributed by atoms with E-state index in [4.69, 9.17) is 32.7 Å². The molecule has 3 rings (SSSR count). The van der Waals surface area contributed by atoms with Gasteiger partial charge in [-0.05, 0) is 48.9 Å². The van der Waals surface area contributed by atoms with Crippen molar-refractivity contribution in [2.45, 2.75) is 13.8 Å². The smallest absolute Gasteiger partial charge is 0.308 e. The molecule has 0 spiro atoms. The summed E-state index contributed by atoms with van der Waals surface area (Å²) in [4.78, 5) is 24.0. The molecular formula is C20H16Cl2N2O4. The molecule has 2 aromatic rings. The third kappa shape index (κ3) is 4.03. The number of hydrazone groups is 1. The number of anilines is 1. The van der Waals surface area contributed by atoms with Gasteiger partial charge in [-0.2, -0.15) is 10.1 Å². The Hall–Kier alpha value is -2.83. The summed E-state index contributed by atoms with van der Waals surface area (Å²) in [6.45, 7) is 3.05. The van der Waals surface area contributed by atoms with Crippen LogP contribution in [0.2, 0.25) is 10.0 Å². The molecule has 6 nitrogen and oxygen atoms in total. The lowest BCUT2D eigenvalue weighted by atomic mass is 10.1. The highest BCUT2D eigenvalue weighted by molar-refractivity contribution is 6.42. The average molecular weight is 419 g/mol. The molecule has 0 atom stereocenters. The first-order valence-electron chi connectivity index (χ1n) is 8.23. The quantitative estimate of drug-likeness (QED) is 0.408. The predicted octanol–water partition coefficient (Wildman–Crippen LogP) is 4.73. The third-order valence-corrected chi connectivity index (χ3v) is 4.70. The molecule has 0 aromatic heterocycles. The standard InChI is InChI=1S/C20H16Cl2N2O4/c1-11-15(8-13-4-7-18(28-12(2)25)19(9-13)27-3)20(26)24(23-11)14-5-6-16(21)17(22)10-14/h4-10H,1-3H3/b15-8+. The summed E-state index contributed by atoms with van der Waals surface area (Å²) in [6, 6.07) is 9.86. The summed E-state index contributed by atoms with van der Waals surface area (Å²) in [5.74, 6) is -0.0572. The maximum atomic E-state index is 12.9. The van der Waals surface area contributed by atoms with Crippen molar-refractivity contribution in [1.82, 2.24) is 0 Å². The van der Waals surface area contributed by atoms with E-state index in [1.807, 2.05) is 0 Å². The van der Waals surface area contributed by atoms with Crippen molar-refractivity contribution in [3.05, 3.63) is 57.6 Å². The summed E-state index contributed by atoms with van der Waals surface area (Å²) in [5.41, 5.74) is 2.19. The van der Waals surface area contributed by atoms with Gasteiger partial charge in [-0.25, -0.2) is 0 Å². The van der Waals surface area contributed by atoms with Gasteiger partial charge in [0.1, 0.15) is 0 Å². The molecule has 0 saturated carbocycles. The topological polar surface area (TPSA) is 68.2 Å². The number of halogens is 2. The zero-order valence-corrected chi connectivity index (χ0v) is 16.8. The Morgan fingerprint density at radius 3 is 2.50 bits per heavy atom. The van der Waals surface area contributed by atoms with Crippen molar-refractivity contribution < 1.29 is 19.1 Å². The first-order valence-corrected chi connectivity index (χ1v) is 8.99. The summed E-state index contributed by atoms with van der Waals surface area (Å²) in [7, 11) is 1.47. The number of methoxy groups -OCH3 is 1. The Balaban J connectivity index is 1.92. The molecule has 0 unspecified atom stereocenters. The number of nitrogens with zero attached hydrogens (tertiary/aromatic N) is 2. The van der Waals surface area contributed by atoms with E-state index >= 15 is 0 Å². The highest BCUT2D eigenvalue weighted by Crippen LogP contribution is 2.32. The van der Waals surface area contributed by atoms with Gasteiger partial charge in [0.2, 0.25) is 0 Å². The minimum absolute atomic E-state index is 0.293. The van der Waals surface area contributed by atoms with Gasteiger partial charge in [0.05, 0.1) is 34.1 Å². The fourth-order valence-corrected chi connectivity index (χ4v) is 2.95. The van der Waals surface area contributed by atoms with Crippen molar-refractivity contribution in [2.24, 2.45) is 5.10 Å². The number of ether oxygens (including phenoxy) is 2. The second-order valence-electron chi connectivity index (χ2n) is 5.96. The molecule has 28 heavy (non-hydrogen) atoms. The highest BCUT2D eigenvalue weighted by Gasteiger charge is 2.29. The number of carbonyl (C=O) groups excluding carboxylic acids is 2. The molecule has 8 heteroatoms. The molecule has 144 valence electrons. The lowest BCUT2D eigenvalue weighted by Gasteiger charge is -2.12. The van der Waals surface area contributed by atoms with Gasteiger partial charge in [-0.15, -0.1) is 0 Å². The van der Waals surface area contributed by atoms with Gasteiger partial charge in [0.15, 0.2) is 11.5 Å². The van der Waals surface area contributed by atoms with Crippen LogP contribution in [0.5, 0.6) is 11.5 Å². The van der Waals surface area contributed by atoms with Crippen molar-refractivity contribution in [3.63, 3.8) is 0 Å². The Kier molecular flexibility index (Phi) is 5.72. The van der Waals surface area contributed by atoms with Crippen molar-refractivity contribution >= 4 is 52.6 Å². The largest absolute Gasteiger partial charge is 0.493 e. The minimum atomic E-state index is -0.448. The van der Waals surface area contributed by atoms with Crippen LogP contribution in [0.25, 0.3) is 6.08 Å². The number of rotatable bonds is 4. The molecule has 0 N–H and O–H groups in total. The van der Waals surface area contributed by atoms with Crippen LogP contribution < -0.4 is 14.5 Å². The van der Waals surface area contributed by atoms with E-state index in [1.54, 1.807) is 49.4 Å². The average Bonchev–Trinajstić information content (AvgIpc) is 2.93. The van der Waals surface area contributed by atoms with Crippen molar-refractivity contribution in [1.29, 1.82) is 0 Å². The zero-order chi connectivity index (χ0) is 20.4. The number of amides is 1. The number of carbonyl (C=O) groups is 2. The maximum absolute atomic E-state index is 12.9. The van der Waals surface area contributed by atoms with Crippen molar-refractivity contribution in [2.75, 3.05) is 12.1 Å². The van der Waals surface area contributed by atoms with E-state index in [-0.39, 0.29) is 5.91 Å². The molecule has 0 fully saturated rings. The second-order valence-corrected chi connectivity index (χ2v) is 6.78. The Morgan fingerprint density at radius 1 is 1.11 bits per heavy atom. The Morgan fingerprint density at radius 2 is 1.86 bits per heavy atom. The summed E-state index contributed by atoms with van der Waals surface area (Å²) >= 11 is 12.0. The van der Waals surface area contributed by atoms with Gasteiger partial charge >= 0.3 is 5.97 Å². The fourth-order valence-electron chi connectivity index (χ4n) is 2.66. The van der Waals surface area contributed by atoms with E-state index in [1.165, 1.54) is 19.0 Å². The number of esters is 1. The van der Waals surface area contributed by atoms with Crippen LogP contribution in [0.15, 0.2) is 47.1 Å². The highest BCUT2D eigenvalue weighted by atomic mass is 35.5. The van der Waals surface area contributed by atoms with E-state index in [0.29, 0.717) is 44.1 Å². The molecule has 0 radical (unpaired) electrons. The van der Waals surface area contributed by atoms with Crippen LogP contribution in [-0.4, -0.2) is 24.7 Å². The third-order valence-electron chi connectivity index (χ3n) is 3.96. The lowest BCUT2D eigenvalue weighted by Crippen LogP contribution is -2.21. The summed E-state index contributed by atoms with van der Waals surface area (Å²) in [5, 5.41) is 6.32. The minimum Gasteiger partial charge on any atom is -0.493 e. The SMILES string of the molecule is COc1cc(/C=C2/C(=O)N(c3ccc(Cl)c(Cl)c3)N=C2C)ccc1OC(C)=O. The number of hydrogen-bond acceptors (Lipinski definition) is 5. The van der Waals surface area contributed by atoms with Crippen LogP contribution in [0, 0.1) is 0 Å². The van der Waals surface area contributed by atoms with E-state index in [9.17, 15) is 9.59 Å². The molecule has 1 aliphatic heterocycles.